The van der Waals surface area contributed by atoms with Crippen molar-refractivity contribution in [2.45, 2.75) is 19.4 Å². The van der Waals surface area contributed by atoms with Crippen LogP contribution < -0.4 is 16.0 Å². The molecule has 0 radical (unpaired) electrons. The second-order valence-electron chi connectivity index (χ2n) is 3.85. The van der Waals surface area contributed by atoms with Gasteiger partial charge in [-0.05, 0) is 30.7 Å². The van der Waals surface area contributed by atoms with Crippen molar-refractivity contribution in [2.75, 3.05) is 13.2 Å². The van der Waals surface area contributed by atoms with Crippen molar-refractivity contribution < 1.29 is 9.47 Å². The molecule has 0 bridgehead atoms. The Bertz CT molecular complexity index is 387. The maximum Gasteiger partial charge on any atom is 0.119 e. The first-order chi connectivity index (χ1) is 8.35. The molecule has 0 aromatic heterocycles. The second-order valence-corrected chi connectivity index (χ2v) is 3.85. The molecule has 0 spiro atoms. The molecule has 0 amide bonds. The highest BCUT2D eigenvalue weighted by Crippen LogP contribution is 2.27. The van der Waals surface area contributed by atoms with E-state index in [2.05, 4.69) is 11.5 Å². The predicted molar refractivity (Wildman–Crippen MR) is 66.3 cm³/mol. The summed E-state index contributed by atoms with van der Waals surface area (Å²) in [5.41, 5.74) is 3.85. The highest BCUT2D eigenvalue weighted by molar-refractivity contribution is 5.32. The van der Waals surface area contributed by atoms with Crippen molar-refractivity contribution in [1.29, 1.82) is 0 Å². The van der Waals surface area contributed by atoms with Gasteiger partial charge in [0.1, 0.15) is 17.6 Å². The van der Waals surface area contributed by atoms with E-state index < -0.39 is 0 Å². The zero-order valence-electron chi connectivity index (χ0n) is 9.98. The molecule has 0 saturated heterocycles. The van der Waals surface area contributed by atoms with Gasteiger partial charge in [-0.2, -0.15) is 0 Å². The molecule has 1 unspecified atom stereocenters. The normalized spacial score (nSPS) is 16.2. The Labute approximate surface area is 101 Å². The van der Waals surface area contributed by atoms with Crippen LogP contribution in [0.5, 0.6) is 5.75 Å². The molecule has 1 aliphatic heterocycles. The first-order valence-electron chi connectivity index (χ1n) is 5.87. The zero-order valence-corrected chi connectivity index (χ0v) is 9.98. The number of benzene rings is 1. The van der Waals surface area contributed by atoms with Gasteiger partial charge in [0, 0.05) is 6.42 Å². The smallest absolute Gasteiger partial charge is 0.119 e. The number of rotatable bonds is 5. The second kappa shape index (κ2) is 5.70. The predicted octanol–water partition coefficient (Wildman–Crippen LogP) is 1.89. The molecule has 1 aromatic rings. The molecular weight excluding hydrogens is 216 g/mol. The molecule has 4 heteroatoms. The van der Waals surface area contributed by atoms with Crippen LogP contribution in [-0.4, -0.2) is 13.2 Å². The standard InChI is InChI=1S/C13H18N2O2/c1-2-16-11-7-5-10(6-8-11)13(15-14)12-4-3-9-17-12/h4-8,13,15H,2-3,9,14H2,1H3. The van der Waals surface area contributed by atoms with Crippen molar-refractivity contribution in [3.8, 4) is 5.75 Å². The van der Waals surface area contributed by atoms with Crippen LogP contribution in [0.2, 0.25) is 0 Å². The minimum Gasteiger partial charge on any atom is -0.496 e. The third-order valence-corrected chi connectivity index (χ3v) is 2.71. The Hall–Kier alpha value is -1.52. The first kappa shape index (κ1) is 12.0. The van der Waals surface area contributed by atoms with E-state index in [-0.39, 0.29) is 6.04 Å². The van der Waals surface area contributed by atoms with Crippen LogP contribution in [0.1, 0.15) is 24.9 Å². The summed E-state index contributed by atoms with van der Waals surface area (Å²) in [5, 5.41) is 0. The third kappa shape index (κ3) is 2.78. The fourth-order valence-corrected chi connectivity index (χ4v) is 1.90. The Morgan fingerprint density at radius 3 is 2.71 bits per heavy atom. The Morgan fingerprint density at radius 1 is 1.41 bits per heavy atom. The summed E-state index contributed by atoms with van der Waals surface area (Å²) in [6.07, 6.45) is 3.02. The Balaban J connectivity index is 2.13. The summed E-state index contributed by atoms with van der Waals surface area (Å²) >= 11 is 0. The van der Waals surface area contributed by atoms with Gasteiger partial charge in [0.25, 0.3) is 0 Å². The molecule has 4 nitrogen and oxygen atoms in total. The lowest BCUT2D eigenvalue weighted by Gasteiger charge is -2.17. The van der Waals surface area contributed by atoms with E-state index in [1.165, 1.54) is 0 Å². The molecule has 0 fully saturated rings. The van der Waals surface area contributed by atoms with Crippen molar-refractivity contribution in [3.63, 3.8) is 0 Å². The average Bonchev–Trinajstić information content (AvgIpc) is 2.86. The van der Waals surface area contributed by atoms with Crippen LogP contribution in [-0.2, 0) is 4.74 Å². The SMILES string of the molecule is CCOc1ccc(C(NN)C2=CCCO2)cc1. The van der Waals surface area contributed by atoms with E-state index in [0.29, 0.717) is 6.61 Å². The maximum absolute atomic E-state index is 5.58. The fourth-order valence-electron chi connectivity index (χ4n) is 1.90. The molecular formula is C13H18N2O2. The summed E-state index contributed by atoms with van der Waals surface area (Å²) in [7, 11) is 0. The minimum atomic E-state index is -0.0758. The molecule has 1 aromatic carbocycles. The molecule has 3 N–H and O–H groups in total. The lowest BCUT2D eigenvalue weighted by molar-refractivity contribution is 0.215. The molecule has 1 heterocycles. The molecule has 1 aliphatic rings. The summed E-state index contributed by atoms with van der Waals surface area (Å²) in [6.45, 7) is 3.38. The molecule has 0 aliphatic carbocycles. The van der Waals surface area contributed by atoms with Gasteiger partial charge in [0.2, 0.25) is 0 Å². The van der Waals surface area contributed by atoms with Crippen molar-refractivity contribution in [3.05, 3.63) is 41.7 Å². The molecule has 0 saturated carbocycles. The van der Waals surface area contributed by atoms with Crippen LogP contribution in [0.4, 0.5) is 0 Å². The summed E-state index contributed by atoms with van der Waals surface area (Å²) in [4.78, 5) is 0. The minimum absolute atomic E-state index is 0.0758. The van der Waals surface area contributed by atoms with Crippen LogP contribution in [0, 0.1) is 0 Å². The van der Waals surface area contributed by atoms with Gasteiger partial charge < -0.3 is 9.47 Å². The highest BCUT2D eigenvalue weighted by Gasteiger charge is 2.19. The maximum atomic E-state index is 5.58. The van der Waals surface area contributed by atoms with Crippen LogP contribution in [0.25, 0.3) is 0 Å². The number of hydrogen-bond donors (Lipinski definition) is 2. The van der Waals surface area contributed by atoms with E-state index in [1.54, 1.807) is 0 Å². The number of nitrogens with two attached hydrogens (primary N) is 1. The monoisotopic (exact) mass is 234 g/mol. The van der Waals surface area contributed by atoms with Gasteiger partial charge in [0.15, 0.2) is 0 Å². The number of ether oxygens (including phenoxy) is 2. The fraction of sp³-hybridized carbons (Fsp3) is 0.385. The number of hydrogen-bond acceptors (Lipinski definition) is 4. The van der Waals surface area contributed by atoms with E-state index in [0.717, 1.165) is 30.1 Å². The van der Waals surface area contributed by atoms with Gasteiger partial charge in [-0.25, -0.2) is 5.43 Å². The Morgan fingerprint density at radius 2 is 2.18 bits per heavy atom. The third-order valence-electron chi connectivity index (χ3n) is 2.71. The topological polar surface area (TPSA) is 56.5 Å². The molecule has 92 valence electrons. The molecule has 17 heavy (non-hydrogen) atoms. The van der Waals surface area contributed by atoms with E-state index in [1.807, 2.05) is 31.2 Å². The number of hydrazine groups is 1. The van der Waals surface area contributed by atoms with Crippen LogP contribution >= 0.6 is 0 Å². The zero-order chi connectivity index (χ0) is 12.1. The van der Waals surface area contributed by atoms with E-state index in [9.17, 15) is 0 Å². The number of nitrogens with one attached hydrogen (secondary N) is 1. The van der Waals surface area contributed by atoms with Crippen LogP contribution in [0.3, 0.4) is 0 Å². The largest absolute Gasteiger partial charge is 0.496 e. The lowest BCUT2D eigenvalue weighted by Crippen LogP contribution is -2.29. The van der Waals surface area contributed by atoms with Crippen molar-refractivity contribution >= 4 is 0 Å². The van der Waals surface area contributed by atoms with E-state index in [4.69, 9.17) is 15.3 Å². The van der Waals surface area contributed by atoms with Gasteiger partial charge in [-0.15, -0.1) is 0 Å². The van der Waals surface area contributed by atoms with E-state index >= 15 is 0 Å². The van der Waals surface area contributed by atoms with Gasteiger partial charge >= 0.3 is 0 Å². The summed E-state index contributed by atoms with van der Waals surface area (Å²) in [6, 6.07) is 7.81. The van der Waals surface area contributed by atoms with Gasteiger partial charge in [-0.1, -0.05) is 12.1 Å². The average molecular weight is 234 g/mol. The molecule has 2 rings (SSSR count). The Kier molecular flexibility index (Phi) is 4.01. The van der Waals surface area contributed by atoms with Crippen LogP contribution in [0.15, 0.2) is 36.1 Å². The highest BCUT2D eigenvalue weighted by atomic mass is 16.5. The summed E-state index contributed by atoms with van der Waals surface area (Å²) < 4.78 is 10.9. The van der Waals surface area contributed by atoms with Crippen molar-refractivity contribution in [2.24, 2.45) is 5.84 Å². The van der Waals surface area contributed by atoms with Gasteiger partial charge in [-0.3, -0.25) is 5.84 Å². The van der Waals surface area contributed by atoms with Crippen molar-refractivity contribution in [1.82, 2.24) is 5.43 Å². The summed E-state index contributed by atoms with van der Waals surface area (Å²) in [5.74, 6) is 7.35. The molecule has 1 atom stereocenters. The lowest BCUT2D eigenvalue weighted by atomic mass is 10.1. The quantitative estimate of drug-likeness (QED) is 0.603. The first-order valence-corrected chi connectivity index (χ1v) is 5.87. The van der Waals surface area contributed by atoms with Gasteiger partial charge in [0.05, 0.1) is 13.2 Å².